The molecule has 0 aromatic heterocycles. The van der Waals surface area contributed by atoms with Gasteiger partial charge in [-0.05, 0) is 50.1 Å². The van der Waals surface area contributed by atoms with E-state index in [4.69, 9.17) is 11.6 Å². The molecule has 2 aromatic rings. The van der Waals surface area contributed by atoms with Gasteiger partial charge < -0.3 is 10.6 Å². The van der Waals surface area contributed by atoms with Crippen molar-refractivity contribution in [1.82, 2.24) is 0 Å². The maximum Gasteiger partial charge on any atom is 0.279 e. The third kappa shape index (κ3) is 4.33. The Labute approximate surface area is 136 Å². The van der Waals surface area contributed by atoms with Crippen molar-refractivity contribution in [2.75, 3.05) is 11.9 Å². The highest BCUT2D eigenvalue weighted by molar-refractivity contribution is 6.31. The molecule has 0 saturated carbocycles. The number of aryl methyl sites for hydroxylation is 2. The van der Waals surface area contributed by atoms with Crippen molar-refractivity contribution in [2.24, 2.45) is 0 Å². The van der Waals surface area contributed by atoms with E-state index in [1.807, 2.05) is 61.6 Å². The zero-order valence-electron chi connectivity index (χ0n) is 13.2. The summed E-state index contributed by atoms with van der Waals surface area (Å²) in [4.78, 5) is 12.1. The Balaban J connectivity index is 1.90. The Morgan fingerprint density at radius 3 is 2.59 bits per heavy atom. The second-order valence-electron chi connectivity index (χ2n) is 5.60. The molecule has 0 radical (unpaired) electrons. The topological polar surface area (TPSA) is 45.7 Å². The van der Waals surface area contributed by atoms with Gasteiger partial charge >= 0.3 is 0 Å². The van der Waals surface area contributed by atoms with E-state index in [1.165, 1.54) is 11.1 Å². The minimum absolute atomic E-state index is 0.0119. The van der Waals surface area contributed by atoms with E-state index < -0.39 is 0 Å². The Morgan fingerprint density at radius 1 is 1.18 bits per heavy atom. The smallest absolute Gasteiger partial charge is 0.279 e. The first-order valence-electron chi connectivity index (χ1n) is 7.42. The van der Waals surface area contributed by atoms with Crippen molar-refractivity contribution in [3.05, 3.63) is 64.2 Å². The van der Waals surface area contributed by atoms with E-state index in [0.717, 1.165) is 16.3 Å². The molecule has 1 amide bonds. The van der Waals surface area contributed by atoms with Crippen molar-refractivity contribution in [3.8, 4) is 0 Å². The molecule has 0 saturated heterocycles. The van der Waals surface area contributed by atoms with Gasteiger partial charge in [-0.2, -0.15) is 0 Å². The summed E-state index contributed by atoms with van der Waals surface area (Å²) in [5.41, 5.74) is 4.28. The van der Waals surface area contributed by atoms with Gasteiger partial charge in [0.2, 0.25) is 0 Å². The number of rotatable bonds is 5. The maximum atomic E-state index is 12.1. The van der Waals surface area contributed by atoms with E-state index in [0.29, 0.717) is 6.54 Å². The largest absolute Gasteiger partial charge is 0.332 e. The molecule has 2 aromatic carbocycles. The van der Waals surface area contributed by atoms with Crippen LogP contribution < -0.4 is 10.6 Å². The van der Waals surface area contributed by atoms with E-state index in [9.17, 15) is 4.79 Å². The van der Waals surface area contributed by atoms with Crippen LogP contribution in [0.1, 0.15) is 29.7 Å². The van der Waals surface area contributed by atoms with Crippen LogP contribution in [-0.4, -0.2) is 12.5 Å². The lowest BCUT2D eigenvalue weighted by Crippen LogP contribution is -2.86. The van der Waals surface area contributed by atoms with Gasteiger partial charge in [0.15, 0.2) is 6.54 Å². The molecule has 3 N–H and O–H groups in total. The first-order valence-corrected chi connectivity index (χ1v) is 7.80. The summed E-state index contributed by atoms with van der Waals surface area (Å²) in [7, 11) is 0. The fourth-order valence-electron chi connectivity index (χ4n) is 2.29. The molecule has 0 aliphatic rings. The maximum absolute atomic E-state index is 12.1. The number of amides is 1. The van der Waals surface area contributed by atoms with Crippen molar-refractivity contribution in [2.45, 2.75) is 26.8 Å². The third-order valence-electron chi connectivity index (χ3n) is 3.84. The minimum Gasteiger partial charge on any atom is -0.332 e. The summed E-state index contributed by atoms with van der Waals surface area (Å²) >= 11 is 6.18. The predicted molar refractivity (Wildman–Crippen MR) is 91.2 cm³/mol. The summed E-state index contributed by atoms with van der Waals surface area (Å²) < 4.78 is 0. The van der Waals surface area contributed by atoms with E-state index >= 15 is 0 Å². The zero-order chi connectivity index (χ0) is 16.1. The summed E-state index contributed by atoms with van der Waals surface area (Å²) in [5.74, 6) is -0.0119. The molecule has 0 unspecified atom stereocenters. The summed E-state index contributed by atoms with van der Waals surface area (Å²) in [6, 6.07) is 13.8. The van der Waals surface area contributed by atoms with Crippen LogP contribution in [0, 0.1) is 13.8 Å². The van der Waals surface area contributed by atoms with Gasteiger partial charge in [-0.25, -0.2) is 0 Å². The number of hydrogen-bond acceptors (Lipinski definition) is 1. The van der Waals surface area contributed by atoms with E-state index in [1.54, 1.807) is 0 Å². The molecule has 0 aliphatic heterocycles. The van der Waals surface area contributed by atoms with Crippen LogP contribution in [0.2, 0.25) is 5.02 Å². The standard InChI is InChI=1S/C18H21ClN2O/c1-12-8-9-15(10-13(12)2)21-18(22)11-20-14(3)16-6-4-5-7-17(16)19/h4-10,14,20H,11H2,1-3H3,(H,21,22)/p+1/t14-/m1/s1. The summed E-state index contributed by atoms with van der Waals surface area (Å²) in [6.45, 7) is 6.50. The van der Waals surface area contributed by atoms with Crippen LogP contribution in [0.3, 0.4) is 0 Å². The van der Waals surface area contributed by atoms with Crippen LogP contribution in [0.5, 0.6) is 0 Å². The van der Waals surface area contributed by atoms with Crippen molar-refractivity contribution < 1.29 is 10.1 Å². The number of nitrogens with one attached hydrogen (secondary N) is 1. The second-order valence-corrected chi connectivity index (χ2v) is 6.00. The van der Waals surface area contributed by atoms with Gasteiger partial charge in [-0.15, -0.1) is 0 Å². The molecule has 0 bridgehead atoms. The highest BCUT2D eigenvalue weighted by Gasteiger charge is 2.14. The molecule has 0 aliphatic carbocycles. The molecule has 22 heavy (non-hydrogen) atoms. The highest BCUT2D eigenvalue weighted by atomic mass is 35.5. The van der Waals surface area contributed by atoms with Gasteiger partial charge in [-0.3, -0.25) is 4.79 Å². The number of anilines is 1. The lowest BCUT2D eigenvalue weighted by atomic mass is 10.1. The van der Waals surface area contributed by atoms with Gasteiger partial charge in [-0.1, -0.05) is 35.9 Å². The van der Waals surface area contributed by atoms with Gasteiger partial charge in [0, 0.05) is 16.3 Å². The second kappa shape index (κ2) is 7.43. The highest BCUT2D eigenvalue weighted by Crippen LogP contribution is 2.19. The fraction of sp³-hybridized carbons (Fsp3) is 0.278. The fourth-order valence-corrected chi connectivity index (χ4v) is 2.59. The van der Waals surface area contributed by atoms with Crippen LogP contribution in [-0.2, 0) is 4.79 Å². The molecule has 3 nitrogen and oxygen atoms in total. The predicted octanol–water partition coefficient (Wildman–Crippen LogP) is 3.22. The molecule has 4 heteroatoms. The Hall–Kier alpha value is -1.84. The monoisotopic (exact) mass is 317 g/mol. The molecule has 0 heterocycles. The summed E-state index contributed by atoms with van der Waals surface area (Å²) in [5, 5.41) is 5.65. The minimum atomic E-state index is -0.0119. The molecule has 116 valence electrons. The Kier molecular flexibility index (Phi) is 5.58. The molecule has 0 spiro atoms. The first kappa shape index (κ1) is 16.5. The quantitative estimate of drug-likeness (QED) is 0.874. The first-order chi connectivity index (χ1) is 10.5. The number of halogens is 1. The van der Waals surface area contributed by atoms with Crippen molar-refractivity contribution in [1.29, 1.82) is 0 Å². The average molecular weight is 318 g/mol. The lowest BCUT2D eigenvalue weighted by molar-refractivity contribution is -0.682. The van der Waals surface area contributed by atoms with Crippen molar-refractivity contribution >= 4 is 23.2 Å². The van der Waals surface area contributed by atoms with E-state index in [2.05, 4.69) is 12.2 Å². The molecule has 1 atom stereocenters. The number of carbonyl (C=O) groups is 1. The SMILES string of the molecule is Cc1ccc(NC(=O)C[NH2+][C@H](C)c2ccccc2Cl)cc1C. The molecular weight excluding hydrogens is 296 g/mol. The Bertz CT molecular complexity index is 670. The lowest BCUT2D eigenvalue weighted by Gasteiger charge is -2.13. The number of nitrogens with two attached hydrogens (primary N) is 1. The number of hydrogen-bond donors (Lipinski definition) is 2. The van der Waals surface area contributed by atoms with Crippen LogP contribution in [0.15, 0.2) is 42.5 Å². The normalized spacial score (nSPS) is 12.0. The Morgan fingerprint density at radius 2 is 1.91 bits per heavy atom. The van der Waals surface area contributed by atoms with Gasteiger partial charge in [0.25, 0.3) is 5.91 Å². The number of carbonyl (C=O) groups excluding carboxylic acids is 1. The van der Waals surface area contributed by atoms with E-state index in [-0.39, 0.29) is 11.9 Å². The average Bonchev–Trinajstić information content (AvgIpc) is 2.49. The van der Waals surface area contributed by atoms with Gasteiger partial charge in [0.05, 0.1) is 0 Å². The van der Waals surface area contributed by atoms with Crippen LogP contribution in [0.25, 0.3) is 0 Å². The van der Waals surface area contributed by atoms with Crippen molar-refractivity contribution in [3.63, 3.8) is 0 Å². The zero-order valence-corrected chi connectivity index (χ0v) is 13.9. The van der Waals surface area contributed by atoms with Gasteiger partial charge in [0.1, 0.15) is 6.04 Å². The molecule has 0 fully saturated rings. The van der Waals surface area contributed by atoms with Crippen LogP contribution in [0.4, 0.5) is 5.69 Å². The summed E-state index contributed by atoms with van der Waals surface area (Å²) in [6.07, 6.45) is 0. The number of quaternary nitrogens is 1. The van der Waals surface area contributed by atoms with Crippen LogP contribution >= 0.6 is 11.6 Å². The molecular formula is C18H22ClN2O+. The third-order valence-corrected chi connectivity index (χ3v) is 4.19. The molecule has 2 rings (SSSR count). The number of benzene rings is 2.